The highest BCUT2D eigenvalue weighted by molar-refractivity contribution is 6.06. The Morgan fingerprint density at radius 1 is 0.897 bits per heavy atom. The summed E-state index contributed by atoms with van der Waals surface area (Å²) in [6.45, 7) is 2.30. The smallest absolute Gasteiger partial charge is 0.292 e. The van der Waals surface area contributed by atoms with Crippen molar-refractivity contribution in [3.8, 4) is 0 Å². The number of amides is 2. The number of fused-ring (bicyclic) bond motifs is 1. The second-order valence-electron chi connectivity index (χ2n) is 6.68. The number of benzene rings is 2. The Morgan fingerprint density at radius 2 is 1.62 bits per heavy atom. The third kappa shape index (κ3) is 3.87. The number of rotatable bonds is 5. The van der Waals surface area contributed by atoms with Crippen LogP contribution < -0.4 is 10.6 Å². The van der Waals surface area contributed by atoms with Crippen LogP contribution >= 0.6 is 0 Å². The summed E-state index contributed by atoms with van der Waals surface area (Å²) in [7, 11) is 0. The lowest BCUT2D eigenvalue weighted by molar-refractivity contribution is 0.0948. The first-order valence-electron chi connectivity index (χ1n) is 9.29. The van der Waals surface area contributed by atoms with Gasteiger partial charge in [0.05, 0.1) is 5.52 Å². The summed E-state index contributed by atoms with van der Waals surface area (Å²) in [6, 6.07) is 22.5. The van der Waals surface area contributed by atoms with Gasteiger partial charge in [0.25, 0.3) is 11.8 Å². The lowest BCUT2D eigenvalue weighted by atomic mass is 10.2. The molecule has 2 N–H and O–H groups in total. The predicted molar refractivity (Wildman–Crippen MR) is 112 cm³/mol. The number of anilines is 1. The molecule has 4 rings (SSSR count). The molecule has 0 aliphatic rings. The molecular formula is C23H20N4O2. The van der Waals surface area contributed by atoms with Crippen LogP contribution in [0.1, 0.15) is 32.2 Å². The molecule has 0 spiro atoms. The Morgan fingerprint density at radius 3 is 2.41 bits per heavy atom. The van der Waals surface area contributed by atoms with E-state index in [1.54, 1.807) is 22.7 Å². The molecule has 0 radical (unpaired) electrons. The van der Waals surface area contributed by atoms with E-state index in [-0.39, 0.29) is 23.3 Å². The molecule has 0 atom stereocenters. The number of para-hydroxylation sites is 1. The minimum Gasteiger partial charge on any atom is -0.347 e. The molecule has 144 valence electrons. The number of hydrogen-bond acceptors (Lipinski definition) is 3. The normalized spacial score (nSPS) is 10.7. The van der Waals surface area contributed by atoms with Crippen molar-refractivity contribution < 1.29 is 9.59 Å². The van der Waals surface area contributed by atoms with Gasteiger partial charge in [-0.3, -0.25) is 14.0 Å². The highest BCUT2D eigenvalue weighted by Crippen LogP contribution is 2.17. The fourth-order valence-electron chi connectivity index (χ4n) is 3.12. The lowest BCUT2D eigenvalue weighted by Crippen LogP contribution is -2.23. The summed E-state index contributed by atoms with van der Waals surface area (Å²) in [5.41, 5.74) is 3.44. The second kappa shape index (κ2) is 7.98. The third-order valence-corrected chi connectivity index (χ3v) is 4.66. The molecule has 2 heterocycles. The van der Waals surface area contributed by atoms with Crippen molar-refractivity contribution in [3.63, 3.8) is 0 Å². The van der Waals surface area contributed by atoms with Gasteiger partial charge in [0.2, 0.25) is 5.82 Å². The summed E-state index contributed by atoms with van der Waals surface area (Å²) in [5.74, 6) is -0.538. The van der Waals surface area contributed by atoms with Gasteiger partial charge in [0.1, 0.15) is 0 Å². The van der Waals surface area contributed by atoms with E-state index < -0.39 is 0 Å². The van der Waals surface area contributed by atoms with Gasteiger partial charge in [-0.15, -0.1) is 0 Å². The molecule has 0 saturated carbocycles. The van der Waals surface area contributed by atoms with E-state index in [2.05, 4.69) is 15.6 Å². The zero-order valence-electron chi connectivity index (χ0n) is 15.9. The Bertz CT molecular complexity index is 1180. The largest absolute Gasteiger partial charge is 0.347 e. The van der Waals surface area contributed by atoms with Crippen LogP contribution in [0.15, 0.2) is 79.0 Å². The van der Waals surface area contributed by atoms with Gasteiger partial charge in [0.15, 0.2) is 5.69 Å². The van der Waals surface area contributed by atoms with Gasteiger partial charge in [-0.2, -0.15) is 0 Å². The number of hydrogen-bond donors (Lipinski definition) is 2. The molecule has 29 heavy (non-hydrogen) atoms. The number of pyridine rings is 1. The van der Waals surface area contributed by atoms with E-state index in [9.17, 15) is 9.59 Å². The molecule has 4 aromatic rings. The number of nitrogens with zero attached hydrogens (tertiary/aromatic N) is 2. The number of carbonyl (C=O) groups excluding carboxylic acids is 2. The van der Waals surface area contributed by atoms with Crippen LogP contribution in [-0.2, 0) is 6.54 Å². The topological polar surface area (TPSA) is 75.5 Å². The van der Waals surface area contributed by atoms with Crippen LogP contribution in [0.5, 0.6) is 0 Å². The van der Waals surface area contributed by atoms with Gasteiger partial charge in [-0.05, 0) is 36.2 Å². The number of carbonyl (C=O) groups is 2. The molecule has 2 aromatic carbocycles. The van der Waals surface area contributed by atoms with Crippen molar-refractivity contribution in [2.45, 2.75) is 13.5 Å². The van der Waals surface area contributed by atoms with E-state index in [0.717, 1.165) is 11.1 Å². The van der Waals surface area contributed by atoms with E-state index in [1.807, 2.05) is 67.6 Å². The molecule has 0 fully saturated rings. The first-order valence-corrected chi connectivity index (χ1v) is 9.29. The molecule has 0 aliphatic carbocycles. The molecule has 0 saturated heterocycles. The van der Waals surface area contributed by atoms with Crippen LogP contribution in [0.3, 0.4) is 0 Å². The number of imidazole rings is 1. The van der Waals surface area contributed by atoms with Gasteiger partial charge >= 0.3 is 0 Å². The summed E-state index contributed by atoms with van der Waals surface area (Å²) < 4.78 is 1.63. The van der Waals surface area contributed by atoms with Gasteiger partial charge in [0, 0.05) is 18.4 Å². The minimum absolute atomic E-state index is 0.161. The highest BCUT2D eigenvalue weighted by atomic mass is 16.2. The summed E-state index contributed by atoms with van der Waals surface area (Å²) in [4.78, 5) is 30.0. The maximum absolute atomic E-state index is 12.9. The third-order valence-electron chi connectivity index (χ3n) is 4.66. The van der Waals surface area contributed by atoms with E-state index in [0.29, 0.717) is 17.7 Å². The fraction of sp³-hybridized carbons (Fsp3) is 0.0870. The Hall–Kier alpha value is -3.93. The van der Waals surface area contributed by atoms with Crippen molar-refractivity contribution in [1.82, 2.24) is 14.7 Å². The number of nitrogens with one attached hydrogen (secondary N) is 2. The van der Waals surface area contributed by atoms with Crippen molar-refractivity contribution in [3.05, 3.63) is 102 Å². The second-order valence-corrected chi connectivity index (χ2v) is 6.68. The summed E-state index contributed by atoms with van der Waals surface area (Å²) >= 11 is 0. The fourth-order valence-corrected chi connectivity index (χ4v) is 3.12. The van der Waals surface area contributed by atoms with Gasteiger partial charge in [-0.1, -0.05) is 54.6 Å². The van der Waals surface area contributed by atoms with Crippen molar-refractivity contribution in [2.24, 2.45) is 0 Å². The van der Waals surface area contributed by atoms with Gasteiger partial charge < -0.3 is 10.6 Å². The molecule has 2 amide bonds. The van der Waals surface area contributed by atoms with E-state index in [4.69, 9.17) is 0 Å². The first kappa shape index (κ1) is 18.4. The van der Waals surface area contributed by atoms with E-state index in [1.165, 1.54) is 0 Å². The quantitative estimate of drug-likeness (QED) is 0.549. The van der Waals surface area contributed by atoms with E-state index >= 15 is 0 Å². The zero-order valence-corrected chi connectivity index (χ0v) is 15.9. The minimum atomic E-state index is -0.373. The maximum atomic E-state index is 12.9. The molecule has 6 nitrogen and oxygen atoms in total. The van der Waals surface area contributed by atoms with Crippen molar-refractivity contribution >= 4 is 23.0 Å². The Labute approximate surface area is 168 Å². The molecule has 2 aromatic heterocycles. The number of aromatic nitrogens is 2. The molecule has 0 bridgehead atoms. The Kier molecular flexibility index (Phi) is 5.07. The highest BCUT2D eigenvalue weighted by Gasteiger charge is 2.21. The lowest BCUT2D eigenvalue weighted by Gasteiger charge is -2.07. The standard InChI is InChI=1S/C23H20N4O2/c1-16-9-5-6-12-18(16)25-23(29)21-26-20(19-13-7-8-14-27(19)21)22(28)24-15-17-10-3-2-4-11-17/h2-14H,15H2,1H3,(H,24,28)(H,25,29). The van der Waals surface area contributed by atoms with Crippen LogP contribution in [-0.4, -0.2) is 21.2 Å². The van der Waals surface area contributed by atoms with Crippen LogP contribution in [0.25, 0.3) is 5.52 Å². The average Bonchev–Trinajstić information content (AvgIpc) is 3.14. The summed E-state index contributed by atoms with van der Waals surface area (Å²) in [6.07, 6.45) is 1.73. The SMILES string of the molecule is Cc1ccccc1NC(=O)c1nc(C(=O)NCc2ccccc2)c2ccccn12. The maximum Gasteiger partial charge on any atom is 0.292 e. The molecular weight excluding hydrogens is 364 g/mol. The first-order chi connectivity index (χ1) is 14.1. The zero-order chi connectivity index (χ0) is 20.2. The molecule has 0 unspecified atom stereocenters. The van der Waals surface area contributed by atoms with Crippen LogP contribution in [0.4, 0.5) is 5.69 Å². The average molecular weight is 384 g/mol. The number of aryl methyl sites for hydroxylation is 1. The van der Waals surface area contributed by atoms with Crippen LogP contribution in [0, 0.1) is 6.92 Å². The van der Waals surface area contributed by atoms with Crippen LogP contribution in [0.2, 0.25) is 0 Å². The molecule has 0 aliphatic heterocycles. The Balaban J connectivity index is 1.62. The summed E-state index contributed by atoms with van der Waals surface area (Å²) in [5, 5.41) is 5.75. The van der Waals surface area contributed by atoms with Gasteiger partial charge in [-0.25, -0.2) is 4.98 Å². The predicted octanol–water partition coefficient (Wildman–Crippen LogP) is 3.83. The van der Waals surface area contributed by atoms with Crippen molar-refractivity contribution in [1.29, 1.82) is 0 Å². The monoisotopic (exact) mass is 384 g/mol. The van der Waals surface area contributed by atoms with Crippen molar-refractivity contribution in [2.75, 3.05) is 5.32 Å². The molecule has 6 heteroatoms.